The maximum atomic E-state index is 12.8. The third kappa shape index (κ3) is 4.54. The van der Waals surface area contributed by atoms with Crippen LogP contribution in [0.2, 0.25) is 0 Å². The van der Waals surface area contributed by atoms with Gasteiger partial charge in [0.1, 0.15) is 18.2 Å². The highest BCUT2D eigenvalue weighted by molar-refractivity contribution is 5.80. The quantitative estimate of drug-likeness (QED) is 0.248. The van der Waals surface area contributed by atoms with E-state index in [-0.39, 0.29) is 11.2 Å². The van der Waals surface area contributed by atoms with Crippen LogP contribution in [-0.2, 0) is 13.0 Å². The first-order valence-corrected chi connectivity index (χ1v) is 10.1. The Balaban J connectivity index is 1.47. The van der Waals surface area contributed by atoms with Crippen LogP contribution in [0.4, 0.5) is 5.69 Å². The maximum Gasteiger partial charge on any atom is 0.282 e. The second-order valence-corrected chi connectivity index (χ2v) is 7.04. The molecular weight excluding hydrogens is 408 g/mol. The van der Waals surface area contributed by atoms with E-state index in [0.717, 1.165) is 11.1 Å². The van der Waals surface area contributed by atoms with E-state index >= 15 is 0 Å². The van der Waals surface area contributed by atoms with Crippen molar-refractivity contribution in [3.05, 3.63) is 110 Å². The van der Waals surface area contributed by atoms with Crippen molar-refractivity contribution in [2.75, 3.05) is 0 Å². The molecule has 8 heteroatoms. The van der Waals surface area contributed by atoms with E-state index in [1.807, 2.05) is 31.2 Å². The molecule has 0 atom stereocenters. The summed E-state index contributed by atoms with van der Waals surface area (Å²) in [5, 5.41) is 15.6. The van der Waals surface area contributed by atoms with Gasteiger partial charge in [0.05, 0.1) is 22.0 Å². The Kier molecular flexibility index (Phi) is 6.03. The highest BCUT2D eigenvalue weighted by atomic mass is 16.6. The minimum atomic E-state index is -0.434. The Morgan fingerprint density at radius 3 is 2.47 bits per heavy atom. The van der Waals surface area contributed by atoms with E-state index in [9.17, 15) is 14.9 Å². The van der Waals surface area contributed by atoms with Gasteiger partial charge in [-0.05, 0) is 59.7 Å². The zero-order valence-corrected chi connectivity index (χ0v) is 17.3. The number of nitro benzene ring substituents is 1. The Labute approximate surface area is 183 Å². The average Bonchev–Trinajstić information content (AvgIpc) is 2.83. The molecule has 32 heavy (non-hydrogen) atoms. The molecule has 0 spiro atoms. The van der Waals surface area contributed by atoms with Crippen molar-refractivity contribution in [2.24, 2.45) is 5.10 Å². The molecule has 0 radical (unpaired) electrons. The molecule has 8 nitrogen and oxygen atoms in total. The fourth-order valence-corrected chi connectivity index (χ4v) is 3.17. The van der Waals surface area contributed by atoms with E-state index in [4.69, 9.17) is 4.74 Å². The zero-order chi connectivity index (χ0) is 22.5. The molecule has 0 unspecified atom stereocenters. The first kappa shape index (κ1) is 20.9. The molecule has 0 N–H and O–H groups in total. The maximum absolute atomic E-state index is 12.8. The lowest BCUT2D eigenvalue weighted by Crippen LogP contribution is -2.22. The molecule has 0 saturated heterocycles. The van der Waals surface area contributed by atoms with Crippen LogP contribution < -0.4 is 10.3 Å². The monoisotopic (exact) mass is 428 g/mol. The third-order valence-electron chi connectivity index (χ3n) is 4.89. The molecule has 0 aliphatic heterocycles. The van der Waals surface area contributed by atoms with E-state index in [0.29, 0.717) is 35.5 Å². The van der Waals surface area contributed by atoms with Gasteiger partial charge in [-0.2, -0.15) is 9.78 Å². The second-order valence-electron chi connectivity index (χ2n) is 7.04. The van der Waals surface area contributed by atoms with E-state index in [1.165, 1.54) is 16.8 Å². The molecule has 0 aliphatic carbocycles. The summed E-state index contributed by atoms with van der Waals surface area (Å²) in [6.07, 6.45) is 2.18. The van der Waals surface area contributed by atoms with Crippen LogP contribution in [0.15, 0.2) is 82.7 Å². The predicted molar refractivity (Wildman–Crippen MR) is 122 cm³/mol. The number of fused-ring (bicyclic) bond motifs is 1. The van der Waals surface area contributed by atoms with Gasteiger partial charge in [0.15, 0.2) is 0 Å². The van der Waals surface area contributed by atoms with Crippen molar-refractivity contribution in [1.29, 1.82) is 0 Å². The number of aromatic nitrogens is 2. The molecule has 3 aromatic carbocycles. The van der Waals surface area contributed by atoms with Crippen molar-refractivity contribution in [3.63, 3.8) is 0 Å². The summed E-state index contributed by atoms with van der Waals surface area (Å²) in [6.45, 7) is 2.23. The summed E-state index contributed by atoms with van der Waals surface area (Å²) in [4.78, 5) is 27.6. The SMILES string of the molecule is CCc1nc2ccccc2c(=O)n1/N=C/c1ccc(OCc2ccc([N+](=O)[O-])cc2)cc1. The standard InChI is InChI=1S/C24H20N4O4/c1-2-23-26-22-6-4-3-5-21(22)24(29)27(23)25-15-17-9-13-20(14-10-17)32-16-18-7-11-19(12-8-18)28(30)31/h3-15H,2,16H2,1H3/b25-15+. The lowest BCUT2D eigenvalue weighted by Gasteiger charge is -2.08. The van der Waals surface area contributed by atoms with Gasteiger partial charge in [-0.15, -0.1) is 0 Å². The van der Waals surface area contributed by atoms with Crippen LogP contribution in [0, 0.1) is 10.1 Å². The summed E-state index contributed by atoms with van der Waals surface area (Å²) < 4.78 is 7.07. The Morgan fingerprint density at radius 1 is 1.06 bits per heavy atom. The lowest BCUT2D eigenvalue weighted by atomic mass is 10.2. The molecule has 0 bridgehead atoms. The fraction of sp³-hybridized carbons (Fsp3) is 0.125. The van der Waals surface area contributed by atoms with Gasteiger partial charge >= 0.3 is 0 Å². The normalized spacial score (nSPS) is 11.2. The number of benzene rings is 3. The van der Waals surface area contributed by atoms with Gasteiger partial charge < -0.3 is 4.74 Å². The molecule has 0 amide bonds. The lowest BCUT2D eigenvalue weighted by molar-refractivity contribution is -0.384. The summed E-state index contributed by atoms with van der Waals surface area (Å²) in [5.74, 6) is 1.24. The van der Waals surface area contributed by atoms with E-state index in [2.05, 4.69) is 10.1 Å². The number of hydrogen-bond acceptors (Lipinski definition) is 6. The molecule has 4 rings (SSSR count). The predicted octanol–water partition coefficient (Wildman–Crippen LogP) is 4.33. The van der Waals surface area contributed by atoms with Crippen molar-refractivity contribution in [2.45, 2.75) is 20.0 Å². The largest absolute Gasteiger partial charge is 0.489 e. The first-order valence-electron chi connectivity index (χ1n) is 10.1. The molecule has 0 saturated carbocycles. The molecule has 1 heterocycles. The number of nitrogens with zero attached hydrogens (tertiary/aromatic N) is 4. The van der Waals surface area contributed by atoms with Crippen LogP contribution in [-0.4, -0.2) is 20.8 Å². The van der Waals surface area contributed by atoms with Gasteiger partial charge in [-0.25, -0.2) is 4.98 Å². The van der Waals surface area contributed by atoms with Crippen LogP contribution in [0.25, 0.3) is 10.9 Å². The summed E-state index contributed by atoms with van der Waals surface area (Å²) >= 11 is 0. The third-order valence-corrected chi connectivity index (χ3v) is 4.89. The molecule has 0 fully saturated rings. The number of ether oxygens (including phenoxy) is 1. The topological polar surface area (TPSA) is 99.6 Å². The molecule has 0 aliphatic rings. The van der Waals surface area contributed by atoms with Gasteiger partial charge in [0, 0.05) is 18.6 Å². The van der Waals surface area contributed by atoms with Crippen LogP contribution in [0.1, 0.15) is 23.9 Å². The number of para-hydroxylation sites is 1. The number of rotatable bonds is 7. The van der Waals surface area contributed by atoms with Gasteiger partial charge in [0.25, 0.3) is 11.2 Å². The molecule has 160 valence electrons. The van der Waals surface area contributed by atoms with Crippen molar-refractivity contribution >= 4 is 22.8 Å². The van der Waals surface area contributed by atoms with Crippen molar-refractivity contribution in [3.8, 4) is 5.75 Å². The van der Waals surface area contributed by atoms with Crippen LogP contribution >= 0.6 is 0 Å². The Morgan fingerprint density at radius 2 is 1.78 bits per heavy atom. The zero-order valence-electron chi connectivity index (χ0n) is 17.3. The minimum Gasteiger partial charge on any atom is -0.489 e. The van der Waals surface area contributed by atoms with Crippen molar-refractivity contribution < 1.29 is 9.66 Å². The van der Waals surface area contributed by atoms with Gasteiger partial charge in [-0.1, -0.05) is 19.1 Å². The molecule has 4 aromatic rings. The molecule has 1 aromatic heterocycles. The first-order chi connectivity index (χ1) is 15.5. The minimum absolute atomic E-state index is 0.0457. The highest BCUT2D eigenvalue weighted by Crippen LogP contribution is 2.16. The summed E-state index contributed by atoms with van der Waals surface area (Å²) in [7, 11) is 0. The summed E-state index contributed by atoms with van der Waals surface area (Å²) in [5.41, 5.74) is 2.14. The second kappa shape index (κ2) is 9.22. The van der Waals surface area contributed by atoms with E-state index < -0.39 is 4.92 Å². The number of aryl methyl sites for hydroxylation is 1. The summed E-state index contributed by atoms with van der Waals surface area (Å²) in [6, 6.07) is 20.7. The Bertz CT molecular complexity index is 1340. The van der Waals surface area contributed by atoms with Crippen molar-refractivity contribution in [1.82, 2.24) is 9.66 Å². The highest BCUT2D eigenvalue weighted by Gasteiger charge is 2.08. The number of non-ortho nitro benzene ring substituents is 1. The molecular formula is C24H20N4O4. The van der Waals surface area contributed by atoms with Gasteiger partial charge in [-0.3, -0.25) is 14.9 Å². The van der Waals surface area contributed by atoms with Crippen LogP contribution in [0.3, 0.4) is 0 Å². The average molecular weight is 428 g/mol. The Hall–Kier alpha value is -4.33. The van der Waals surface area contributed by atoms with Gasteiger partial charge in [0.2, 0.25) is 0 Å². The fourth-order valence-electron chi connectivity index (χ4n) is 3.17. The van der Waals surface area contributed by atoms with E-state index in [1.54, 1.807) is 42.6 Å². The number of hydrogen-bond donors (Lipinski definition) is 0. The van der Waals surface area contributed by atoms with Crippen LogP contribution in [0.5, 0.6) is 5.75 Å². The number of nitro groups is 1. The smallest absolute Gasteiger partial charge is 0.282 e.